The van der Waals surface area contributed by atoms with E-state index in [-0.39, 0.29) is 6.61 Å². The number of aromatic nitrogens is 1. The van der Waals surface area contributed by atoms with Crippen LogP contribution < -0.4 is 4.90 Å². The number of carbonyl (C=O) groups excluding carboxylic acids is 1. The maximum atomic E-state index is 12.9. The summed E-state index contributed by atoms with van der Waals surface area (Å²) in [6.45, 7) is 0.591. The van der Waals surface area contributed by atoms with Crippen LogP contribution in [0.2, 0.25) is 0 Å². The Morgan fingerprint density at radius 2 is 1.62 bits per heavy atom. The van der Waals surface area contributed by atoms with Crippen LogP contribution in [0.3, 0.4) is 0 Å². The van der Waals surface area contributed by atoms with E-state index in [0.29, 0.717) is 30.7 Å². The quantitative estimate of drug-likeness (QED) is 0.715. The molecule has 1 N–H and O–H groups in total. The van der Waals surface area contributed by atoms with Gasteiger partial charge in [-0.15, -0.1) is 0 Å². The molecule has 29 heavy (non-hydrogen) atoms. The van der Waals surface area contributed by atoms with Crippen LogP contribution in [0.15, 0.2) is 54.9 Å². The highest BCUT2D eigenvalue weighted by Crippen LogP contribution is 2.30. The topological polar surface area (TPSA) is 89.0 Å². The van der Waals surface area contributed by atoms with Gasteiger partial charge in [0.05, 0.1) is 30.8 Å². The molecule has 1 aliphatic carbocycles. The van der Waals surface area contributed by atoms with Gasteiger partial charge in [0.25, 0.3) is 0 Å². The van der Waals surface area contributed by atoms with Gasteiger partial charge in [0.15, 0.2) is 0 Å². The zero-order chi connectivity index (χ0) is 20.5. The summed E-state index contributed by atoms with van der Waals surface area (Å²) >= 11 is 0. The maximum absolute atomic E-state index is 12.9. The number of carboxylic acids is 1. The molecule has 1 aromatic heterocycles. The number of pyridine rings is 1. The molecule has 1 aromatic carbocycles. The highest BCUT2D eigenvalue weighted by Gasteiger charge is 2.25. The van der Waals surface area contributed by atoms with E-state index in [1.165, 1.54) is 4.90 Å². The lowest BCUT2D eigenvalue weighted by atomic mass is 9.83. The molecule has 0 saturated heterocycles. The molecule has 7 nitrogen and oxygen atoms in total. The van der Waals surface area contributed by atoms with Gasteiger partial charge < -0.3 is 14.6 Å². The molecule has 2 aromatic rings. The third-order valence-electron chi connectivity index (χ3n) is 5.09. The predicted octanol–water partition coefficient (Wildman–Crippen LogP) is 4.26. The highest BCUT2D eigenvalue weighted by molar-refractivity contribution is 5.95. The van der Waals surface area contributed by atoms with Crippen LogP contribution in [0.5, 0.6) is 0 Å². The van der Waals surface area contributed by atoms with E-state index in [1.54, 1.807) is 18.5 Å². The Labute approximate surface area is 170 Å². The number of amides is 1. The minimum absolute atomic E-state index is 0.249. The van der Waals surface area contributed by atoms with Crippen molar-refractivity contribution in [3.63, 3.8) is 0 Å². The third-order valence-corrected chi connectivity index (χ3v) is 5.09. The van der Waals surface area contributed by atoms with Gasteiger partial charge in [-0.3, -0.25) is 4.98 Å². The molecule has 1 heterocycles. The number of aliphatic carboxylic acids is 1. The first kappa shape index (κ1) is 20.8. The molecule has 0 aliphatic heterocycles. The van der Waals surface area contributed by atoms with E-state index in [2.05, 4.69) is 4.98 Å². The molecule has 7 heteroatoms. The molecule has 0 unspecified atom stereocenters. The van der Waals surface area contributed by atoms with Gasteiger partial charge in [0, 0.05) is 6.20 Å². The molecule has 1 saturated carbocycles. The number of rotatable bonds is 8. The van der Waals surface area contributed by atoms with E-state index in [4.69, 9.17) is 14.6 Å². The Morgan fingerprint density at radius 3 is 2.24 bits per heavy atom. The fraction of sp³-hybridized carbons (Fsp3) is 0.409. The van der Waals surface area contributed by atoms with Crippen LogP contribution in [0.4, 0.5) is 16.2 Å². The fourth-order valence-corrected chi connectivity index (χ4v) is 3.55. The van der Waals surface area contributed by atoms with Gasteiger partial charge in [-0.2, -0.15) is 0 Å². The van der Waals surface area contributed by atoms with Crippen molar-refractivity contribution in [3.8, 4) is 0 Å². The average Bonchev–Trinajstić information content (AvgIpc) is 2.75. The highest BCUT2D eigenvalue weighted by atomic mass is 16.6. The van der Waals surface area contributed by atoms with Gasteiger partial charge in [0.2, 0.25) is 0 Å². The number of ether oxygens (including phenoxy) is 2. The summed E-state index contributed by atoms with van der Waals surface area (Å²) in [6, 6.07) is 13.0. The van der Waals surface area contributed by atoms with Gasteiger partial charge in [-0.1, -0.05) is 18.2 Å². The van der Waals surface area contributed by atoms with Gasteiger partial charge >= 0.3 is 12.1 Å². The number of nitrogens with zero attached hydrogens (tertiary/aromatic N) is 2. The second-order valence-corrected chi connectivity index (χ2v) is 7.25. The lowest BCUT2D eigenvalue weighted by Gasteiger charge is -2.29. The summed E-state index contributed by atoms with van der Waals surface area (Å²) in [5, 5.41) is 8.64. The molecule has 3 rings (SSSR count). The first-order valence-corrected chi connectivity index (χ1v) is 9.85. The van der Waals surface area contributed by atoms with E-state index < -0.39 is 12.1 Å². The van der Waals surface area contributed by atoms with E-state index >= 15 is 0 Å². The average molecular weight is 398 g/mol. The summed E-state index contributed by atoms with van der Waals surface area (Å²) in [5.74, 6) is -0.263. The van der Waals surface area contributed by atoms with Crippen molar-refractivity contribution >= 4 is 23.4 Å². The minimum atomic E-state index is -0.942. The van der Waals surface area contributed by atoms with Crippen molar-refractivity contribution in [1.82, 2.24) is 4.98 Å². The van der Waals surface area contributed by atoms with Crippen LogP contribution in [0.1, 0.15) is 25.7 Å². The predicted molar refractivity (Wildman–Crippen MR) is 108 cm³/mol. The lowest BCUT2D eigenvalue weighted by Crippen LogP contribution is -2.30. The van der Waals surface area contributed by atoms with Crippen molar-refractivity contribution < 1.29 is 24.2 Å². The normalized spacial score (nSPS) is 18.8. The number of carbonyl (C=O) groups is 2. The van der Waals surface area contributed by atoms with E-state index in [1.807, 2.05) is 36.4 Å². The molecule has 154 valence electrons. The van der Waals surface area contributed by atoms with Crippen LogP contribution in [-0.4, -0.2) is 42.0 Å². The second kappa shape index (κ2) is 10.6. The molecular formula is C22H26N2O5. The van der Waals surface area contributed by atoms with Crippen LogP contribution in [0, 0.1) is 11.8 Å². The summed E-state index contributed by atoms with van der Waals surface area (Å²) in [7, 11) is 0. The smallest absolute Gasteiger partial charge is 0.419 e. The van der Waals surface area contributed by atoms with E-state index in [9.17, 15) is 9.59 Å². The Kier molecular flexibility index (Phi) is 7.58. The zero-order valence-corrected chi connectivity index (χ0v) is 16.3. The zero-order valence-electron chi connectivity index (χ0n) is 16.3. The molecule has 0 radical (unpaired) electrons. The number of hydrogen-bond acceptors (Lipinski definition) is 5. The monoisotopic (exact) mass is 398 g/mol. The lowest BCUT2D eigenvalue weighted by molar-refractivity contribution is -0.142. The summed E-state index contributed by atoms with van der Waals surface area (Å²) < 4.78 is 10.9. The number of hydrogen-bond donors (Lipinski definition) is 1. The second-order valence-electron chi connectivity index (χ2n) is 7.25. The molecular weight excluding hydrogens is 372 g/mol. The number of anilines is 2. The Morgan fingerprint density at radius 1 is 0.966 bits per heavy atom. The SMILES string of the molecule is O=C(O)COC[C@H]1CC[C@H](COC(=O)N(c2ccccc2)c2cccnc2)CC1. The van der Waals surface area contributed by atoms with Crippen LogP contribution in [-0.2, 0) is 14.3 Å². The maximum Gasteiger partial charge on any atom is 0.419 e. The third kappa shape index (κ3) is 6.29. The van der Waals surface area contributed by atoms with Crippen molar-refractivity contribution in [3.05, 3.63) is 54.9 Å². The minimum Gasteiger partial charge on any atom is -0.480 e. The summed E-state index contributed by atoms with van der Waals surface area (Å²) in [6.07, 6.45) is 6.66. The standard InChI is InChI=1S/C22H26N2O5/c25-21(26)16-28-14-17-8-10-18(11-9-17)15-29-22(27)24(19-5-2-1-3-6-19)20-7-4-12-23-13-20/h1-7,12-13,17-18H,8-11,14-16H2,(H,25,26)/t17-,18-. The van der Waals surface area contributed by atoms with Gasteiger partial charge in [-0.05, 0) is 61.8 Å². The van der Waals surface area contributed by atoms with Crippen molar-refractivity contribution in [2.75, 3.05) is 24.7 Å². The number of para-hydroxylation sites is 1. The van der Waals surface area contributed by atoms with Crippen molar-refractivity contribution in [1.29, 1.82) is 0 Å². The first-order valence-electron chi connectivity index (χ1n) is 9.85. The fourth-order valence-electron chi connectivity index (χ4n) is 3.55. The Balaban J connectivity index is 1.52. The van der Waals surface area contributed by atoms with E-state index in [0.717, 1.165) is 31.4 Å². The summed E-state index contributed by atoms with van der Waals surface area (Å²) in [5.41, 5.74) is 1.38. The van der Waals surface area contributed by atoms with Crippen molar-refractivity contribution in [2.45, 2.75) is 25.7 Å². The summed E-state index contributed by atoms with van der Waals surface area (Å²) in [4.78, 5) is 29.0. The van der Waals surface area contributed by atoms with Gasteiger partial charge in [-0.25, -0.2) is 14.5 Å². The van der Waals surface area contributed by atoms with Crippen LogP contribution in [0.25, 0.3) is 0 Å². The molecule has 0 atom stereocenters. The van der Waals surface area contributed by atoms with Gasteiger partial charge in [0.1, 0.15) is 6.61 Å². The molecule has 1 amide bonds. The van der Waals surface area contributed by atoms with Crippen molar-refractivity contribution in [2.24, 2.45) is 11.8 Å². The number of benzene rings is 1. The molecule has 1 aliphatic rings. The molecule has 0 bridgehead atoms. The first-order chi connectivity index (χ1) is 14.1. The number of carboxylic acid groups (broad SMARTS) is 1. The molecule has 1 fully saturated rings. The molecule has 0 spiro atoms. The largest absolute Gasteiger partial charge is 0.480 e. The Bertz CT molecular complexity index is 737. The van der Waals surface area contributed by atoms with Crippen LogP contribution >= 0.6 is 0 Å². The Hall–Kier alpha value is -2.93.